The first kappa shape index (κ1) is 20.4. The van der Waals surface area contributed by atoms with E-state index in [9.17, 15) is 9.18 Å². The van der Waals surface area contributed by atoms with Crippen LogP contribution < -0.4 is 10.2 Å². The van der Waals surface area contributed by atoms with Crippen molar-refractivity contribution >= 4 is 39.3 Å². The Morgan fingerprint density at radius 1 is 1.07 bits per heavy atom. The minimum Gasteiger partial charge on any atom is -0.457 e. The molecule has 30 heavy (non-hydrogen) atoms. The van der Waals surface area contributed by atoms with Crippen LogP contribution in [0.4, 0.5) is 15.8 Å². The zero-order chi connectivity index (χ0) is 20.9. The Hall–Kier alpha value is -2.90. The summed E-state index contributed by atoms with van der Waals surface area (Å²) in [4.78, 5) is 14.5. The summed E-state index contributed by atoms with van der Waals surface area (Å²) in [7, 11) is 0. The Balaban J connectivity index is 1.38. The fourth-order valence-electron chi connectivity index (χ4n) is 3.20. The molecule has 0 spiro atoms. The number of morpholine rings is 1. The highest BCUT2D eigenvalue weighted by molar-refractivity contribution is 9.10. The van der Waals surface area contributed by atoms with Crippen molar-refractivity contribution in [1.29, 1.82) is 0 Å². The van der Waals surface area contributed by atoms with Crippen LogP contribution in [0.2, 0.25) is 0 Å². The van der Waals surface area contributed by atoms with Gasteiger partial charge in [-0.1, -0.05) is 0 Å². The van der Waals surface area contributed by atoms with E-state index in [4.69, 9.17) is 9.15 Å². The number of furan rings is 1. The molecule has 1 amide bonds. The molecule has 0 saturated carbocycles. The summed E-state index contributed by atoms with van der Waals surface area (Å²) in [5, 5.41) is 2.85. The lowest BCUT2D eigenvalue weighted by atomic mass is 10.2. The van der Waals surface area contributed by atoms with Gasteiger partial charge in [0.2, 0.25) is 5.91 Å². The Morgan fingerprint density at radius 2 is 1.83 bits per heavy atom. The van der Waals surface area contributed by atoms with Gasteiger partial charge in [-0.05, 0) is 76.6 Å². The molecule has 0 bridgehead atoms. The van der Waals surface area contributed by atoms with Crippen LogP contribution in [-0.4, -0.2) is 32.2 Å². The maximum atomic E-state index is 13.0. The number of anilines is 2. The number of rotatable bonds is 5. The zero-order valence-electron chi connectivity index (χ0n) is 16.1. The Labute approximate surface area is 182 Å². The van der Waals surface area contributed by atoms with Gasteiger partial charge in [-0.3, -0.25) is 4.79 Å². The number of nitrogens with one attached hydrogen (secondary N) is 1. The fourth-order valence-corrected chi connectivity index (χ4v) is 3.83. The van der Waals surface area contributed by atoms with E-state index in [1.165, 1.54) is 18.2 Å². The van der Waals surface area contributed by atoms with Gasteiger partial charge in [-0.2, -0.15) is 0 Å². The molecule has 154 valence electrons. The summed E-state index contributed by atoms with van der Waals surface area (Å²) in [5.74, 6) is 0.582. The lowest BCUT2D eigenvalue weighted by Gasteiger charge is -2.29. The van der Waals surface area contributed by atoms with Crippen LogP contribution in [0.5, 0.6) is 0 Å². The van der Waals surface area contributed by atoms with Gasteiger partial charge in [0.15, 0.2) is 0 Å². The summed E-state index contributed by atoms with van der Waals surface area (Å²) in [6.45, 7) is 3.11. The average molecular weight is 471 g/mol. The van der Waals surface area contributed by atoms with Crippen LogP contribution in [-0.2, 0) is 9.53 Å². The molecular formula is C23H20BrFN2O3. The second-order valence-corrected chi connectivity index (χ2v) is 7.65. The van der Waals surface area contributed by atoms with Crippen molar-refractivity contribution in [3.8, 4) is 11.3 Å². The van der Waals surface area contributed by atoms with Gasteiger partial charge in [0.1, 0.15) is 17.3 Å². The molecule has 3 aromatic rings. The first-order chi connectivity index (χ1) is 14.6. The molecule has 5 nitrogen and oxygen atoms in total. The molecular weight excluding hydrogens is 451 g/mol. The summed E-state index contributed by atoms with van der Waals surface area (Å²) < 4.78 is 25.0. The van der Waals surface area contributed by atoms with E-state index in [1.54, 1.807) is 30.3 Å². The minimum atomic E-state index is -0.299. The summed E-state index contributed by atoms with van der Waals surface area (Å²) in [5.41, 5.74) is 2.54. The number of hydrogen-bond donors (Lipinski definition) is 1. The predicted octanol–water partition coefficient (Wildman–Crippen LogP) is 5.34. The third-order valence-electron chi connectivity index (χ3n) is 4.72. The average Bonchev–Trinajstić information content (AvgIpc) is 3.23. The molecule has 1 aliphatic heterocycles. The SMILES string of the molecule is O=C(/C=C/c1ccc(-c2ccc(F)cc2)o1)Nc1ccc(N2CCOCC2)c(Br)c1. The van der Waals surface area contributed by atoms with Crippen LogP contribution in [0, 0.1) is 5.82 Å². The molecule has 1 fully saturated rings. The van der Waals surface area contributed by atoms with Crippen molar-refractivity contribution in [3.63, 3.8) is 0 Å². The summed E-state index contributed by atoms with van der Waals surface area (Å²) >= 11 is 3.59. The highest BCUT2D eigenvalue weighted by Crippen LogP contribution is 2.30. The number of amides is 1. The van der Waals surface area contributed by atoms with Crippen molar-refractivity contribution in [1.82, 2.24) is 0 Å². The predicted molar refractivity (Wildman–Crippen MR) is 119 cm³/mol. The van der Waals surface area contributed by atoms with E-state index in [0.29, 0.717) is 30.4 Å². The molecule has 1 N–H and O–H groups in total. The number of carbonyl (C=O) groups excluding carboxylic acids is 1. The Kier molecular flexibility index (Phi) is 6.30. The van der Waals surface area contributed by atoms with Gasteiger partial charge in [0.05, 0.1) is 18.9 Å². The number of benzene rings is 2. The van der Waals surface area contributed by atoms with Crippen LogP contribution in [0.1, 0.15) is 5.76 Å². The van der Waals surface area contributed by atoms with Crippen molar-refractivity contribution in [3.05, 3.63) is 76.7 Å². The molecule has 0 atom stereocenters. The first-order valence-corrected chi connectivity index (χ1v) is 10.3. The number of hydrogen-bond acceptors (Lipinski definition) is 4. The van der Waals surface area contributed by atoms with E-state index in [0.717, 1.165) is 28.8 Å². The summed E-state index contributed by atoms with van der Waals surface area (Å²) in [6, 6.07) is 15.3. The molecule has 1 aromatic heterocycles. The summed E-state index contributed by atoms with van der Waals surface area (Å²) in [6.07, 6.45) is 3.01. The highest BCUT2D eigenvalue weighted by Gasteiger charge is 2.14. The van der Waals surface area contributed by atoms with Crippen molar-refractivity contribution in [2.45, 2.75) is 0 Å². The maximum Gasteiger partial charge on any atom is 0.248 e. The number of halogens is 2. The van der Waals surface area contributed by atoms with Crippen molar-refractivity contribution < 1.29 is 18.3 Å². The van der Waals surface area contributed by atoms with Gasteiger partial charge >= 0.3 is 0 Å². The molecule has 1 aliphatic rings. The standard InChI is InChI=1S/C23H20BrFN2O3/c24-20-15-18(5-8-21(20)27-11-13-29-14-12-27)26-23(28)10-7-19-6-9-22(30-19)16-1-3-17(25)4-2-16/h1-10,15H,11-14H2,(H,26,28)/b10-7+. The molecule has 1 saturated heterocycles. The van der Waals surface area contributed by atoms with Gasteiger partial charge in [-0.25, -0.2) is 4.39 Å². The Bertz CT molecular complexity index is 1060. The molecule has 0 radical (unpaired) electrons. The van der Waals surface area contributed by atoms with E-state index in [2.05, 4.69) is 26.1 Å². The number of nitrogens with zero attached hydrogens (tertiary/aromatic N) is 1. The second-order valence-electron chi connectivity index (χ2n) is 6.80. The van der Waals surface area contributed by atoms with Gasteiger partial charge < -0.3 is 19.4 Å². The first-order valence-electron chi connectivity index (χ1n) is 9.55. The van der Waals surface area contributed by atoms with Crippen molar-refractivity contribution in [2.24, 2.45) is 0 Å². The number of carbonyl (C=O) groups is 1. The molecule has 0 aliphatic carbocycles. The van der Waals surface area contributed by atoms with Crippen LogP contribution in [0.3, 0.4) is 0 Å². The van der Waals surface area contributed by atoms with Crippen LogP contribution >= 0.6 is 15.9 Å². The molecule has 7 heteroatoms. The van der Waals surface area contributed by atoms with Crippen LogP contribution in [0.25, 0.3) is 17.4 Å². The lowest BCUT2D eigenvalue weighted by molar-refractivity contribution is -0.111. The second kappa shape index (κ2) is 9.28. The number of ether oxygens (including phenoxy) is 1. The molecule has 2 aromatic carbocycles. The molecule has 4 rings (SSSR count). The molecule has 2 heterocycles. The minimum absolute atomic E-state index is 0.263. The van der Waals surface area contributed by atoms with E-state index in [-0.39, 0.29) is 11.7 Å². The largest absolute Gasteiger partial charge is 0.457 e. The Morgan fingerprint density at radius 3 is 2.57 bits per heavy atom. The van der Waals surface area contributed by atoms with Gasteiger partial charge in [0, 0.05) is 34.9 Å². The third-order valence-corrected chi connectivity index (χ3v) is 5.36. The quantitative estimate of drug-likeness (QED) is 0.511. The fraction of sp³-hybridized carbons (Fsp3) is 0.174. The van der Waals surface area contributed by atoms with Crippen LogP contribution in [0.15, 0.2) is 69.6 Å². The van der Waals surface area contributed by atoms with Gasteiger partial charge in [-0.15, -0.1) is 0 Å². The molecule has 0 unspecified atom stereocenters. The lowest BCUT2D eigenvalue weighted by Crippen LogP contribution is -2.36. The van der Waals surface area contributed by atoms with Gasteiger partial charge in [0.25, 0.3) is 0 Å². The monoisotopic (exact) mass is 470 g/mol. The smallest absolute Gasteiger partial charge is 0.248 e. The third kappa shape index (κ3) is 4.98. The van der Waals surface area contributed by atoms with Crippen molar-refractivity contribution in [2.75, 3.05) is 36.5 Å². The zero-order valence-corrected chi connectivity index (χ0v) is 17.7. The highest BCUT2D eigenvalue weighted by atomic mass is 79.9. The van der Waals surface area contributed by atoms with E-state index >= 15 is 0 Å². The maximum absolute atomic E-state index is 13.0. The topological polar surface area (TPSA) is 54.7 Å². The van der Waals surface area contributed by atoms with E-state index in [1.807, 2.05) is 18.2 Å². The van der Waals surface area contributed by atoms with E-state index < -0.39 is 0 Å². The normalized spacial score (nSPS) is 14.3.